The van der Waals surface area contributed by atoms with Crippen LogP contribution < -0.4 is 4.74 Å². The summed E-state index contributed by atoms with van der Waals surface area (Å²) in [6, 6.07) is 8.66. The number of pyridine rings is 2. The van der Waals surface area contributed by atoms with Crippen LogP contribution in [-0.2, 0) is 25.1 Å². The fourth-order valence-electron chi connectivity index (χ4n) is 4.18. The second kappa shape index (κ2) is 11.0. The lowest BCUT2D eigenvalue weighted by atomic mass is 10.1. The van der Waals surface area contributed by atoms with Crippen molar-refractivity contribution in [2.24, 2.45) is 0 Å². The van der Waals surface area contributed by atoms with Crippen LogP contribution in [0.2, 0.25) is 5.02 Å². The number of sulfone groups is 1. The minimum Gasteiger partial charge on any atom is -0.481 e. The Balaban J connectivity index is 1.69. The molecule has 0 N–H and O–H groups in total. The molecule has 0 aliphatic carbocycles. The number of aromatic nitrogens is 5. The van der Waals surface area contributed by atoms with Gasteiger partial charge in [-0.25, -0.2) is 13.4 Å². The molecule has 1 fully saturated rings. The van der Waals surface area contributed by atoms with Crippen LogP contribution in [0.3, 0.4) is 0 Å². The summed E-state index contributed by atoms with van der Waals surface area (Å²) >= 11 is 5.94. The Morgan fingerprint density at radius 1 is 1.17 bits per heavy atom. The molecule has 12 heteroatoms. The minimum atomic E-state index is -3.72. The summed E-state index contributed by atoms with van der Waals surface area (Å²) in [4.78, 5) is 8.74. The van der Waals surface area contributed by atoms with Crippen molar-refractivity contribution in [1.29, 1.82) is 0 Å². The molecule has 0 aromatic carbocycles. The first kappa shape index (κ1) is 25.5. The lowest BCUT2D eigenvalue weighted by Gasteiger charge is -2.27. The van der Waals surface area contributed by atoms with Crippen LogP contribution in [0.25, 0.3) is 11.5 Å². The maximum Gasteiger partial charge on any atom is 0.213 e. The largest absolute Gasteiger partial charge is 0.481 e. The van der Waals surface area contributed by atoms with Gasteiger partial charge in [0.2, 0.25) is 5.88 Å². The quantitative estimate of drug-likeness (QED) is 0.417. The van der Waals surface area contributed by atoms with Gasteiger partial charge in [-0.3, -0.25) is 4.98 Å². The maximum atomic E-state index is 13.5. The molecule has 3 aromatic rings. The molecule has 10 nitrogen and oxygen atoms in total. The molecule has 1 aliphatic rings. The van der Waals surface area contributed by atoms with E-state index < -0.39 is 21.2 Å². The van der Waals surface area contributed by atoms with Gasteiger partial charge in [-0.1, -0.05) is 17.7 Å². The maximum absolute atomic E-state index is 13.5. The highest BCUT2D eigenvalue weighted by Gasteiger charge is 2.35. The molecule has 1 aliphatic heterocycles. The van der Waals surface area contributed by atoms with Crippen LogP contribution in [0.5, 0.6) is 5.88 Å². The third kappa shape index (κ3) is 5.64. The summed E-state index contributed by atoms with van der Waals surface area (Å²) in [7, 11) is -0.723. The highest BCUT2D eigenvalue weighted by molar-refractivity contribution is 7.91. The average molecular weight is 522 g/mol. The minimum absolute atomic E-state index is 0.0154. The summed E-state index contributed by atoms with van der Waals surface area (Å²) in [5, 5.41) is 8.21. The van der Waals surface area contributed by atoms with Crippen molar-refractivity contribution >= 4 is 21.4 Å². The summed E-state index contributed by atoms with van der Waals surface area (Å²) in [5.41, 5.74) is 1.04. The van der Waals surface area contributed by atoms with Crippen molar-refractivity contribution in [1.82, 2.24) is 24.7 Å². The molecular weight excluding hydrogens is 494 g/mol. The van der Waals surface area contributed by atoms with E-state index >= 15 is 0 Å². The van der Waals surface area contributed by atoms with Crippen LogP contribution >= 0.6 is 11.6 Å². The van der Waals surface area contributed by atoms with Crippen molar-refractivity contribution in [3.63, 3.8) is 0 Å². The predicted molar refractivity (Wildman–Crippen MR) is 130 cm³/mol. The molecule has 3 aromatic heterocycles. The van der Waals surface area contributed by atoms with Crippen molar-refractivity contribution < 1.29 is 22.6 Å². The zero-order chi connectivity index (χ0) is 25.0. The first-order valence-corrected chi connectivity index (χ1v) is 13.3. The monoisotopic (exact) mass is 521 g/mol. The number of rotatable bonds is 9. The van der Waals surface area contributed by atoms with Gasteiger partial charge in [0.1, 0.15) is 23.4 Å². The molecular formula is C23H28ClN5O5S. The molecule has 0 bridgehead atoms. The molecule has 35 heavy (non-hydrogen) atoms. The number of hydrogen-bond donors (Lipinski definition) is 0. The Morgan fingerprint density at radius 3 is 2.60 bits per heavy atom. The van der Waals surface area contributed by atoms with E-state index in [1.54, 1.807) is 31.2 Å². The van der Waals surface area contributed by atoms with Crippen molar-refractivity contribution in [3.8, 4) is 17.4 Å². The Hall–Kier alpha value is -2.60. The van der Waals surface area contributed by atoms with Gasteiger partial charge in [0.15, 0.2) is 15.7 Å². The lowest BCUT2D eigenvalue weighted by Crippen LogP contribution is -2.30. The molecule has 0 saturated carbocycles. The number of ether oxygens (including phenoxy) is 3. The Morgan fingerprint density at radius 2 is 1.94 bits per heavy atom. The smallest absolute Gasteiger partial charge is 0.213 e. The summed E-state index contributed by atoms with van der Waals surface area (Å²) in [5.74, 6) is 0.972. The summed E-state index contributed by atoms with van der Waals surface area (Å²) in [6.07, 6.45) is 2.13. The third-order valence-corrected chi connectivity index (χ3v) is 8.37. The van der Waals surface area contributed by atoms with Crippen molar-refractivity contribution in [2.45, 2.75) is 42.9 Å². The van der Waals surface area contributed by atoms with E-state index in [0.29, 0.717) is 60.0 Å². The first-order chi connectivity index (χ1) is 16.8. The van der Waals surface area contributed by atoms with Gasteiger partial charge in [-0.05, 0) is 38.0 Å². The fraction of sp³-hybridized carbons (Fsp3) is 0.478. The van der Waals surface area contributed by atoms with E-state index in [1.807, 2.05) is 10.6 Å². The van der Waals surface area contributed by atoms with Gasteiger partial charge in [-0.2, -0.15) is 0 Å². The van der Waals surface area contributed by atoms with E-state index in [1.165, 1.54) is 20.4 Å². The van der Waals surface area contributed by atoms with Gasteiger partial charge in [0.05, 0.1) is 23.1 Å². The molecule has 0 amide bonds. The second-order valence-corrected chi connectivity index (χ2v) is 11.1. The van der Waals surface area contributed by atoms with Crippen LogP contribution in [0.15, 0.2) is 36.5 Å². The number of halogens is 1. The number of methoxy groups -OCH3 is 2. The van der Waals surface area contributed by atoms with E-state index in [-0.39, 0.29) is 11.8 Å². The van der Waals surface area contributed by atoms with Gasteiger partial charge in [0, 0.05) is 38.6 Å². The molecule has 0 spiro atoms. The molecule has 0 radical (unpaired) electrons. The zero-order valence-electron chi connectivity index (χ0n) is 19.8. The molecule has 2 atom stereocenters. The van der Waals surface area contributed by atoms with E-state index in [9.17, 15) is 8.42 Å². The van der Waals surface area contributed by atoms with Crippen LogP contribution in [-0.4, -0.2) is 65.8 Å². The first-order valence-electron chi connectivity index (χ1n) is 11.2. The van der Waals surface area contributed by atoms with Crippen LogP contribution in [0, 0.1) is 0 Å². The molecule has 4 heterocycles. The zero-order valence-corrected chi connectivity index (χ0v) is 21.4. The van der Waals surface area contributed by atoms with Crippen LogP contribution in [0.4, 0.5) is 0 Å². The van der Waals surface area contributed by atoms with Crippen LogP contribution in [0.1, 0.15) is 43.4 Å². The topological polar surface area (TPSA) is 118 Å². The summed E-state index contributed by atoms with van der Waals surface area (Å²) < 4.78 is 45.3. The fourth-order valence-corrected chi connectivity index (χ4v) is 5.74. The predicted octanol–water partition coefficient (Wildman–Crippen LogP) is 3.44. The van der Waals surface area contributed by atoms with Gasteiger partial charge >= 0.3 is 0 Å². The normalized spacial score (nSPS) is 16.7. The SMILES string of the molecule is COc1cccc(-c2nnc(CS(=O)(=O)[C@@H](C)[C@H](OC)c3ccc(Cl)cn3)n2C2CCOCC2)n1. The van der Waals surface area contributed by atoms with E-state index in [2.05, 4.69) is 20.2 Å². The summed E-state index contributed by atoms with van der Waals surface area (Å²) in [6.45, 7) is 2.76. The highest BCUT2D eigenvalue weighted by Crippen LogP contribution is 2.31. The molecule has 1 saturated heterocycles. The average Bonchev–Trinajstić information content (AvgIpc) is 3.29. The second-order valence-electron chi connectivity index (χ2n) is 8.29. The van der Waals surface area contributed by atoms with E-state index in [4.69, 9.17) is 25.8 Å². The van der Waals surface area contributed by atoms with Gasteiger partial charge < -0.3 is 18.8 Å². The Kier molecular flexibility index (Phi) is 8.00. The van der Waals surface area contributed by atoms with Crippen molar-refractivity contribution in [3.05, 3.63) is 53.1 Å². The third-order valence-electron chi connectivity index (χ3n) is 6.10. The Labute approximate surface area is 209 Å². The molecule has 4 rings (SSSR count). The van der Waals surface area contributed by atoms with Crippen molar-refractivity contribution in [2.75, 3.05) is 27.4 Å². The Bertz CT molecular complexity index is 1250. The highest BCUT2D eigenvalue weighted by atomic mass is 35.5. The van der Waals surface area contributed by atoms with Gasteiger partial charge in [-0.15, -0.1) is 10.2 Å². The number of nitrogens with zero attached hydrogens (tertiary/aromatic N) is 5. The van der Waals surface area contributed by atoms with E-state index in [0.717, 1.165) is 0 Å². The van der Waals surface area contributed by atoms with Gasteiger partial charge in [0.25, 0.3) is 0 Å². The lowest BCUT2D eigenvalue weighted by molar-refractivity contribution is 0.0693. The molecule has 188 valence electrons. The standard InChI is InChI=1S/C23H28ClN5O5S/c1-15(22(33-3)18-8-7-16(24)13-25-18)35(30,31)14-20-27-28-23(19-5-4-6-21(26-19)32-2)29(20)17-9-11-34-12-10-17/h4-8,13,15,17,22H,9-12,14H2,1-3H3/t15-,22-/m0/s1. The molecule has 0 unspecified atom stereocenters. The number of hydrogen-bond acceptors (Lipinski definition) is 9.